The van der Waals surface area contributed by atoms with Crippen LogP contribution in [-0.2, 0) is 0 Å². The maximum absolute atomic E-state index is 4.49. The Morgan fingerprint density at radius 1 is 1.40 bits per heavy atom. The van der Waals surface area contributed by atoms with E-state index in [-0.39, 0.29) is 5.54 Å². The first-order valence-electron chi connectivity index (χ1n) is 7.94. The molecule has 1 aromatic heterocycles. The number of aryl methyl sites for hydroxylation is 1. The Morgan fingerprint density at radius 2 is 2.15 bits per heavy atom. The fourth-order valence-corrected chi connectivity index (χ4v) is 3.61. The molecule has 0 aromatic carbocycles. The number of hydrogen-bond acceptors (Lipinski definition) is 3. The number of rotatable bonds is 3. The third kappa shape index (κ3) is 2.44. The minimum absolute atomic E-state index is 0.271. The highest BCUT2D eigenvalue weighted by Gasteiger charge is 2.46. The van der Waals surface area contributed by atoms with Crippen LogP contribution in [0.3, 0.4) is 0 Å². The molecule has 1 saturated heterocycles. The van der Waals surface area contributed by atoms with Gasteiger partial charge in [0.25, 0.3) is 0 Å². The van der Waals surface area contributed by atoms with Gasteiger partial charge in [0.15, 0.2) is 0 Å². The number of anilines is 1. The molecule has 1 saturated carbocycles. The van der Waals surface area contributed by atoms with Gasteiger partial charge in [-0.15, -0.1) is 0 Å². The van der Waals surface area contributed by atoms with E-state index in [4.69, 9.17) is 0 Å². The summed E-state index contributed by atoms with van der Waals surface area (Å²) in [7, 11) is 0. The molecule has 0 radical (unpaired) electrons. The Bertz CT molecular complexity index is 481. The summed E-state index contributed by atoms with van der Waals surface area (Å²) in [5.74, 6) is 1.50. The molecule has 110 valence electrons. The lowest BCUT2D eigenvalue weighted by Gasteiger charge is -2.49. The van der Waals surface area contributed by atoms with Gasteiger partial charge in [-0.1, -0.05) is 13.8 Å². The monoisotopic (exact) mass is 273 g/mol. The van der Waals surface area contributed by atoms with Crippen LogP contribution in [0.25, 0.3) is 0 Å². The van der Waals surface area contributed by atoms with Crippen LogP contribution in [0.4, 0.5) is 5.69 Å². The van der Waals surface area contributed by atoms with Crippen molar-refractivity contribution in [2.24, 2.45) is 11.8 Å². The van der Waals surface area contributed by atoms with Crippen LogP contribution in [0, 0.1) is 18.8 Å². The molecule has 3 rings (SSSR count). The van der Waals surface area contributed by atoms with Crippen molar-refractivity contribution in [1.82, 2.24) is 10.3 Å². The lowest BCUT2D eigenvalue weighted by atomic mass is 9.87. The van der Waals surface area contributed by atoms with Gasteiger partial charge >= 0.3 is 0 Å². The lowest BCUT2D eigenvalue weighted by Crippen LogP contribution is -2.65. The second-order valence-electron chi connectivity index (χ2n) is 7.12. The molecule has 1 aromatic rings. The minimum Gasteiger partial charge on any atom is -0.364 e. The summed E-state index contributed by atoms with van der Waals surface area (Å²) in [5.41, 5.74) is 2.74. The number of piperazine rings is 1. The Morgan fingerprint density at radius 3 is 2.75 bits per heavy atom. The van der Waals surface area contributed by atoms with Crippen molar-refractivity contribution in [2.45, 2.75) is 52.1 Å². The zero-order valence-electron chi connectivity index (χ0n) is 13.2. The molecule has 0 amide bonds. The minimum atomic E-state index is 0.271. The van der Waals surface area contributed by atoms with E-state index in [1.54, 1.807) is 0 Å². The van der Waals surface area contributed by atoms with Gasteiger partial charge in [0.1, 0.15) is 0 Å². The second kappa shape index (κ2) is 5.03. The van der Waals surface area contributed by atoms with Crippen molar-refractivity contribution in [3.05, 3.63) is 24.0 Å². The molecule has 2 heterocycles. The Kier molecular flexibility index (Phi) is 3.49. The van der Waals surface area contributed by atoms with Gasteiger partial charge < -0.3 is 10.2 Å². The van der Waals surface area contributed by atoms with Crippen LogP contribution in [0.2, 0.25) is 0 Å². The van der Waals surface area contributed by atoms with E-state index < -0.39 is 0 Å². The predicted octanol–water partition coefficient (Wildman–Crippen LogP) is 2.99. The fourth-order valence-electron chi connectivity index (χ4n) is 3.61. The van der Waals surface area contributed by atoms with Crippen molar-refractivity contribution in [3.63, 3.8) is 0 Å². The van der Waals surface area contributed by atoms with E-state index in [0.29, 0.717) is 12.0 Å². The molecule has 2 aliphatic rings. The third-order valence-corrected chi connectivity index (χ3v) is 5.15. The fraction of sp³-hybridized carbons (Fsp3) is 0.706. The largest absolute Gasteiger partial charge is 0.364 e. The molecule has 1 N–H and O–H groups in total. The maximum Gasteiger partial charge on any atom is 0.0605 e. The van der Waals surface area contributed by atoms with E-state index in [9.17, 15) is 0 Å². The summed E-state index contributed by atoms with van der Waals surface area (Å²) < 4.78 is 0. The molecular formula is C17H27N3. The Labute approximate surface area is 122 Å². The molecule has 0 spiro atoms. The van der Waals surface area contributed by atoms with Gasteiger partial charge in [-0.05, 0) is 50.7 Å². The first-order valence-corrected chi connectivity index (χ1v) is 7.94. The van der Waals surface area contributed by atoms with Gasteiger partial charge in [0.2, 0.25) is 0 Å². The Balaban J connectivity index is 1.91. The highest BCUT2D eigenvalue weighted by Crippen LogP contribution is 2.42. The number of aromatic nitrogens is 1. The molecular weight excluding hydrogens is 246 g/mol. The van der Waals surface area contributed by atoms with E-state index in [0.717, 1.165) is 24.7 Å². The number of nitrogens with zero attached hydrogens (tertiary/aromatic N) is 2. The number of pyridine rings is 1. The summed E-state index contributed by atoms with van der Waals surface area (Å²) in [6.07, 6.45) is 4.66. The van der Waals surface area contributed by atoms with Crippen LogP contribution in [0.5, 0.6) is 0 Å². The molecule has 2 atom stereocenters. The van der Waals surface area contributed by atoms with E-state index in [2.05, 4.69) is 55.0 Å². The van der Waals surface area contributed by atoms with Gasteiger partial charge in [-0.25, -0.2) is 0 Å². The van der Waals surface area contributed by atoms with Crippen LogP contribution in [0.1, 0.15) is 39.3 Å². The molecule has 1 aliphatic heterocycles. The zero-order valence-corrected chi connectivity index (χ0v) is 13.2. The molecule has 0 bridgehead atoms. The predicted molar refractivity (Wildman–Crippen MR) is 84.1 cm³/mol. The second-order valence-corrected chi connectivity index (χ2v) is 7.12. The van der Waals surface area contributed by atoms with Crippen molar-refractivity contribution in [3.8, 4) is 0 Å². The van der Waals surface area contributed by atoms with Gasteiger partial charge in [-0.2, -0.15) is 0 Å². The average Bonchev–Trinajstić information content (AvgIpc) is 3.23. The summed E-state index contributed by atoms with van der Waals surface area (Å²) in [6, 6.07) is 4.86. The SMILES string of the molecule is Cc1ncccc1N1CC(C)(C2CC2)NCC1C(C)C. The number of hydrogen-bond donors (Lipinski definition) is 1. The van der Waals surface area contributed by atoms with Crippen molar-refractivity contribution in [2.75, 3.05) is 18.0 Å². The summed E-state index contributed by atoms with van der Waals surface area (Å²) in [6.45, 7) is 11.4. The first-order chi connectivity index (χ1) is 9.51. The summed E-state index contributed by atoms with van der Waals surface area (Å²) >= 11 is 0. The van der Waals surface area contributed by atoms with E-state index in [1.165, 1.54) is 18.5 Å². The smallest absolute Gasteiger partial charge is 0.0605 e. The third-order valence-electron chi connectivity index (χ3n) is 5.15. The summed E-state index contributed by atoms with van der Waals surface area (Å²) in [4.78, 5) is 7.11. The highest BCUT2D eigenvalue weighted by atomic mass is 15.3. The van der Waals surface area contributed by atoms with Gasteiger partial charge in [-0.3, -0.25) is 4.98 Å². The van der Waals surface area contributed by atoms with Crippen LogP contribution < -0.4 is 10.2 Å². The van der Waals surface area contributed by atoms with Gasteiger partial charge in [0, 0.05) is 30.9 Å². The van der Waals surface area contributed by atoms with Crippen molar-refractivity contribution >= 4 is 5.69 Å². The van der Waals surface area contributed by atoms with E-state index in [1.807, 2.05) is 6.20 Å². The van der Waals surface area contributed by atoms with Crippen LogP contribution in [0.15, 0.2) is 18.3 Å². The standard InChI is InChI=1S/C17H27N3/c1-12(2)16-10-19-17(4,14-7-8-14)11-20(16)15-6-5-9-18-13(15)3/h5-6,9,12,14,16,19H,7-8,10-11H2,1-4H3. The maximum atomic E-state index is 4.49. The normalized spacial score (nSPS) is 30.9. The first kappa shape index (κ1) is 13.9. The number of nitrogens with one attached hydrogen (secondary N) is 1. The quantitative estimate of drug-likeness (QED) is 0.917. The van der Waals surface area contributed by atoms with Crippen molar-refractivity contribution < 1.29 is 0 Å². The molecule has 20 heavy (non-hydrogen) atoms. The molecule has 2 fully saturated rings. The van der Waals surface area contributed by atoms with Gasteiger partial charge in [0.05, 0.1) is 11.4 Å². The zero-order chi connectivity index (χ0) is 14.3. The van der Waals surface area contributed by atoms with Crippen LogP contribution in [-0.4, -0.2) is 29.7 Å². The molecule has 3 nitrogen and oxygen atoms in total. The Hall–Kier alpha value is -1.09. The van der Waals surface area contributed by atoms with Crippen LogP contribution >= 0.6 is 0 Å². The average molecular weight is 273 g/mol. The van der Waals surface area contributed by atoms with E-state index >= 15 is 0 Å². The lowest BCUT2D eigenvalue weighted by molar-refractivity contribution is 0.233. The highest BCUT2D eigenvalue weighted by molar-refractivity contribution is 5.52. The summed E-state index contributed by atoms with van der Waals surface area (Å²) in [5, 5.41) is 3.85. The molecule has 1 aliphatic carbocycles. The molecule has 3 heteroatoms. The molecule has 2 unspecified atom stereocenters. The van der Waals surface area contributed by atoms with Crippen molar-refractivity contribution in [1.29, 1.82) is 0 Å². The topological polar surface area (TPSA) is 28.2 Å².